The number of rotatable bonds is 0. The summed E-state index contributed by atoms with van der Waals surface area (Å²) in [6, 6.07) is 0. The molecule has 1 amide bonds. The summed E-state index contributed by atoms with van der Waals surface area (Å²) in [7, 11) is 0. The molecule has 0 aliphatic carbocycles. The van der Waals surface area contributed by atoms with E-state index in [1.807, 2.05) is 0 Å². The molecular formula is C6H9Br2NO3. The van der Waals surface area contributed by atoms with Crippen molar-refractivity contribution in [1.29, 1.82) is 0 Å². The van der Waals surface area contributed by atoms with E-state index in [0.29, 0.717) is 13.0 Å². The zero-order valence-electron chi connectivity index (χ0n) is 6.20. The van der Waals surface area contributed by atoms with E-state index in [9.17, 15) is 9.59 Å². The number of halogens is 2. The van der Waals surface area contributed by atoms with E-state index in [1.54, 1.807) is 0 Å². The first-order chi connectivity index (χ1) is 5.11. The summed E-state index contributed by atoms with van der Waals surface area (Å²) in [5.41, 5.74) is 0. The van der Waals surface area contributed by atoms with Crippen LogP contribution < -0.4 is 0 Å². The number of hydrogen-bond acceptors (Lipinski definition) is 2. The van der Waals surface area contributed by atoms with Gasteiger partial charge in [-0.3, -0.25) is 4.79 Å². The minimum Gasteiger partial charge on any atom is -0.465 e. The van der Waals surface area contributed by atoms with Crippen molar-refractivity contribution in [3.05, 3.63) is 0 Å². The average Bonchev–Trinajstić information content (AvgIpc) is 1.94. The van der Waals surface area contributed by atoms with Gasteiger partial charge in [-0.15, -0.1) is 17.0 Å². The molecule has 1 aliphatic heterocycles. The van der Waals surface area contributed by atoms with Crippen LogP contribution in [0.1, 0.15) is 6.42 Å². The van der Waals surface area contributed by atoms with Gasteiger partial charge in [-0.2, -0.15) is 0 Å². The van der Waals surface area contributed by atoms with E-state index < -0.39 is 6.09 Å². The molecule has 1 rings (SSSR count). The van der Waals surface area contributed by atoms with Crippen molar-refractivity contribution in [3.8, 4) is 0 Å². The van der Waals surface area contributed by atoms with Crippen LogP contribution in [0.2, 0.25) is 0 Å². The van der Waals surface area contributed by atoms with Crippen LogP contribution in [-0.4, -0.2) is 39.8 Å². The SMILES string of the molecule is Br.O=C1CN(C(=O)O)CCC1Br. The fourth-order valence-corrected chi connectivity index (χ4v) is 1.31. The average molecular weight is 303 g/mol. The molecule has 1 heterocycles. The number of carboxylic acid groups (broad SMARTS) is 1. The predicted molar refractivity (Wildman–Crippen MR) is 52.3 cm³/mol. The van der Waals surface area contributed by atoms with Crippen LogP contribution in [0.25, 0.3) is 0 Å². The van der Waals surface area contributed by atoms with Gasteiger partial charge in [0.15, 0.2) is 5.78 Å². The largest absolute Gasteiger partial charge is 0.465 e. The lowest BCUT2D eigenvalue weighted by atomic mass is 10.1. The summed E-state index contributed by atoms with van der Waals surface area (Å²) >= 11 is 3.16. The fourth-order valence-electron chi connectivity index (χ4n) is 0.960. The highest BCUT2D eigenvalue weighted by Crippen LogP contribution is 2.14. The number of hydrogen-bond donors (Lipinski definition) is 1. The lowest BCUT2D eigenvalue weighted by Crippen LogP contribution is -2.43. The predicted octanol–water partition coefficient (Wildman–Crippen LogP) is 1.28. The summed E-state index contributed by atoms with van der Waals surface area (Å²) < 4.78 is 0. The van der Waals surface area contributed by atoms with Crippen molar-refractivity contribution >= 4 is 44.8 Å². The molecule has 1 N–H and O–H groups in total. The number of piperidine rings is 1. The van der Waals surface area contributed by atoms with Gasteiger partial charge in [0.05, 0.1) is 11.4 Å². The Morgan fingerprint density at radius 3 is 2.67 bits per heavy atom. The number of Topliss-reactive ketones (excluding diaryl/α,β-unsaturated/α-hetero) is 1. The van der Waals surface area contributed by atoms with Crippen LogP contribution in [0.4, 0.5) is 4.79 Å². The summed E-state index contributed by atoms with van der Waals surface area (Å²) in [6.45, 7) is 0.461. The van der Waals surface area contributed by atoms with Crippen molar-refractivity contribution in [3.63, 3.8) is 0 Å². The van der Waals surface area contributed by atoms with Gasteiger partial charge in [0, 0.05) is 6.54 Å². The lowest BCUT2D eigenvalue weighted by Gasteiger charge is -2.25. The fraction of sp³-hybridized carbons (Fsp3) is 0.667. The molecule has 0 radical (unpaired) electrons. The molecule has 4 nitrogen and oxygen atoms in total. The molecule has 0 bridgehead atoms. The van der Waals surface area contributed by atoms with Crippen molar-refractivity contribution in [2.75, 3.05) is 13.1 Å². The number of amides is 1. The second-order valence-corrected chi connectivity index (χ2v) is 3.53. The van der Waals surface area contributed by atoms with Crippen LogP contribution in [-0.2, 0) is 4.79 Å². The minimum atomic E-state index is -1.02. The molecule has 1 saturated heterocycles. The normalized spacial score (nSPS) is 23.2. The van der Waals surface area contributed by atoms with Crippen molar-refractivity contribution in [2.45, 2.75) is 11.2 Å². The molecule has 0 aromatic rings. The number of likely N-dealkylation sites (tertiary alicyclic amines) is 1. The van der Waals surface area contributed by atoms with Crippen molar-refractivity contribution in [2.24, 2.45) is 0 Å². The molecular weight excluding hydrogens is 294 g/mol. The van der Waals surface area contributed by atoms with Gasteiger partial charge in [-0.25, -0.2) is 4.79 Å². The van der Waals surface area contributed by atoms with Crippen molar-refractivity contribution < 1.29 is 14.7 Å². The maximum absolute atomic E-state index is 11.0. The third-order valence-electron chi connectivity index (χ3n) is 1.62. The summed E-state index contributed by atoms with van der Waals surface area (Å²) in [4.78, 5) is 22.3. The van der Waals surface area contributed by atoms with Gasteiger partial charge in [0.25, 0.3) is 0 Å². The topological polar surface area (TPSA) is 57.6 Å². The quantitative estimate of drug-likeness (QED) is 0.686. The lowest BCUT2D eigenvalue weighted by molar-refractivity contribution is -0.120. The van der Waals surface area contributed by atoms with Crippen molar-refractivity contribution in [1.82, 2.24) is 4.90 Å². The molecule has 0 aromatic carbocycles. The van der Waals surface area contributed by atoms with Gasteiger partial charge in [-0.1, -0.05) is 15.9 Å². The van der Waals surface area contributed by atoms with Gasteiger partial charge >= 0.3 is 6.09 Å². The third kappa shape index (κ3) is 2.75. The van der Waals surface area contributed by atoms with Gasteiger partial charge < -0.3 is 10.0 Å². The number of carbonyl (C=O) groups is 2. The van der Waals surface area contributed by atoms with Crippen LogP contribution in [0, 0.1) is 0 Å². The van der Waals surface area contributed by atoms with E-state index in [1.165, 1.54) is 0 Å². The highest BCUT2D eigenvalue weighted by atomic mass is 79.9. The Balaban J connectivity index is 0.00000121. The number of nitrogens with zero attached hydrogens (tertiary/aromatic N) is 1. The standard InChI is InChI=1S/C6H8BrNO3.BrH/c7-4-1-2-8(6(10)11)3-5(4)9;/h4H,1-3H2,(H,10,11);1H. The minimum absolute atomic E-state index is 0. The smallest absolute Gasteiger partial charge is 0.407 e. The molecule has 12 heavy (non-hydrogen) atoms. The Kier molecular flexibility index (Phi) is 4.77. The summed E-state index contributed by atoms with van der Waals surface area (Å²) in [6.07, 6.45) is -0.441. The molecule has 0 aromatic heterocycles. The highest BCUT2D eigenvalue weighted by Gasteiger charge is 2.27. The number of ketones is 1. The first-order valence-electron chi connectivity index (χ1n) is 3.26. The molecule has 1 unspecified atom stereocenters. The first-order valence-corrected chi connectivity index (χ1v) is 4.17. The Morgan fingerprint density at radius 1 is 1.67 bits per heavy atom. The van der Waals surface area contributed by atoms with Gasteiger partial charge in [0.2, 0.25) is 0 Å². The maximum Gasteiger partial charge on any atom is 0.407 e. The molecule has 1 aliphatic rings. The Labute approximate surface area is 88.8 Å². The Bertz CT molecular complexity index is 197. The van der Waals surface area contributed by atoms with Crippen LogP contribution >= 0.6 is 32.9 Å². The van der Waals surface area contributed by atoms with E-state index in [2.05, 4.69) is 15.9 Å². The molecule has 1 atom stereocenters. The zero-order valence-corrected chi connectivity index (χ0v) is 9.49. The molecule has 6 heteroatoms. The third-order valence-corrected chi connectivity index (χ3v) is 2.59. The van der Waals surface area contributed by atoms with Crippen LogP contribution in [0.15, 0.2) is 0 Å². The maximum atomic E-state index is 11.0. The summed E-state index contributed by atoms with van der Waals surface area (Å²) in [5, 5.41) is 8.50. The summed E-state index contributed by atoms with van der Waals surface area (Å²) in [5.74, 6) is -0.0568. The van der Waals surface area contributed by atoms with Crippen LogP contribution in [0.3, 0.4) is 0 Å². The van der Waals surface area contributed by atoms with E-state index in [-0.39, 0.29) is 34.1 Å². The Hall–Kier alpha value is -0.100. The molecule has 70 valence electrons. The van der Waals surface area contributed by atoms with Crippen LogP contribution in [0.5, 0.6) is 0 Å². The Morgan fingerprint density at radius 2 is 2.25 bits per heavy atom. The number of alkyl halides is 1. The highest BCUT2D eigenvalue weighted by molar-refractivity contribution is 9.10. The van der Waals surface area contributed by atoms with E-state index in [0.717, 1.165) is 4.90 Å². The molecule has 0 spiro atoms. The molecule has 0 saturated carbocycles. The zero-order chi connectivity index (χ0) is 8.43. The number of carbonyl (C=O) groups excluding carboxylic acids is 1. The van der Waals surface area contributed by atoms with Gasteiger partial charge in [-0.05, 0) is 6.42 Å². The molecule has 1 fully saturated rings. The first kappa shape index (κ1) is 11.9. The second kappa shape index (κ2) is 4.81. The van der Waals surface area contributed by atoms with Gasteiger partial charge in [0.1, 0.15) is 0 Å². The second-order valence-electron chi connectivity index (χ2n) is 2.43. The monoisotopic (exact) mass is 301 g/mol. The van der Waals surface area contributed by atoms with E-state index in [4.69, 9.17) is 5.11 Å². The van der Waals surface area contributed by atoms with E-state index >= 15 is 0 Å².